The normalized spacial score (nSPS) is 10.7. The zero-order valence-corrected chi connectivity index (χ0v) is 13.2. The molecule has 6 heteroatoms. The van der Waals surface area contributed by atoms with Crippen LogP contribution < -0.4 is 11.1 Å². The van der Waals surface area contributed by atoms with Gasteiger partial charge in [0, 0.05) is 15.7 Å². The largest absolute Gasteiger partial charge is 0.384 e. The Morgan fingerprint density at radius 3 is 2.71 bits per heavy atom. The summed E-state index contributed by atoms with van der Waals surface area (Å²) in [5, 5.41) is 2.53. The van der Waals surface area contributed by atoms with E-state index in [1.54, 1.807) is 12.1 Å². The topological polar surface area (TPSA) is 68.0 Å². The number of rotatable bonds is 3. The van der Waals surface area contributed by atoms with Crippen LogP contribution in [0.25, 0.3) is 0 Å². The third-order valence-corrected chi connectivity index (χ3v) is 3.39. The minimum Gasteiger partial charge on any atom is -0.384 e. The van der Waals surface area contributed by atoms with Crippen LogP contribution >= 0.6 is 15.9 Å². The molecule has 1 aromatic carbocycles. The van der Waals surface area contributed by atoms with Crippen molar-refractivity contribution in [2.45, 2.75) is 19.8 Å². The molecular weight excluding hydrogens is 337 g/mol. The van der Waals surface area contributed by atoms with Crippen molar-refractivity contribution in [3.8, 4) is 0 Å². The Balaban J connectivity index is 2.30. The molecule has 2 rings (SSSR count). The summed E-state index contributed by atoms with van der Waals surface area (Å²) in [6.07, 6.45) is 0. The molecular formula is C15H15BrFN3O. The average Bonchev–Trinajstić information content (AvgIpc) is 2.42. The van der Waals surface area contributed by atoms with Crippen molar-refractivity contribution >= 4 is 33.3 Å². The Morgan fingerprint density at radius 2 is 2.05 bits per heavy atom. The van der Waals surface area contributed by atoms with Gasteiger partial charge in [0.1, 0.15) is 11.6 Å². The highest BCUT2D eigenvalue weighted by molar-refractivity contribution is 9.10. The second kappa shape index (κ2) is 6.22. The Hall–Kier alpha value is -1.95. The number of hydrogen-bond acceptors (Lipinski definition) is 3. The lowest BCUT2D eigenvalue weighted by atomic mass is 10.1. The summed E-state index contributed by atoms with van der Waals surface area (Å²) in [6.45, 7) is 3.91. The van der Waals surface area contributed by atoms with Gasteiger partial charge < -0.3 is 11.1 Å². The number of benzene rings is 1. The summed E-state index contributed by atoms with van der Waals surface area (Å²) in [7, 11) is 0. The molecule has 0 bridgehead atoms. The Kier molecular flexibility index (Phi) is 4.57. The van der Waals surface area contributed by atoms with Gasteiger partial charge in [0.15, 0.2) is 0 Å². The Labute approximate surface area is 130 Å². The van der Waals surface area contributed by atoms with Crippen molar-refractivity contribution in [3.63, 3.8) is 0 Å². The van der Waals surface area contributed by atoms with Gasteiger partial charge in [-0.1, -0.05) is 29.8 Å². The molecule has 0 radical (unpaired) electrons. The molecule has 1 heterocycles. The maximum Gasteiger partial charge on any atom is 0.255 e. The van der Waals surface area contributed by atoms with Crippen LogP contribution in [0.4, 0.5) is 15.9 Å². The van der Waals surface area contributed by atoms with E-state index in [1.807, 2.05) is 13.8 Å². The van der Waals surface area contributed by atoms with Gasteiger partial charge in [-0.3, -0.25) is 4.79 Å². The molecule has 0 saturated carbocycles. The fraction of sp³-hybridized carbons (Fsp3) is 0.200. The van der Waals surface area contributed by atoms with Crippen LogP contribution in [0.5, 0.6) is 0 Å². The molecule has 0 aliphatic heterocycles. The van der Waals surface area contributed by atoms with Crippen LogP contribution in [-0.4, -0.2) is 10.9 Å². The zero-order chi connectivity index (χ0) is 15.6. The van der Waals surface area contributed by atoms with Crippen molar-refractivity contribution in [2.24, 2.45) is 0 Å². The third-order valence-electron chi connectivity index (χ3n) is 2.90. The summed E-state index contributed by atoms with van der Waals surface area (Å²) < 4.78 is 14.3. The van der Waals surface area contributed by atoms with Gasteiger partial charge in [0.05, 0.1) is 5.69 Å². The molecule has 3 N–H and O–H groups in total. The predicted octanol–water partition coefficient (Wildman–Crippen LogP) is 3.94. The zero-order valence-electron chi connectivity index (χ0n) is 11.7. The number of anilines is 2. The van der Waals surface area contributed by atoms with Gasteiger partial charge in [-0.15, -0.1) is 0 Å². The van der Waals surface area contributed by atoms with Crippen LogP contribution in [0.15, 0.2) is 34.8 Å². The first kappa shape index (κ1) is 15.4. The van der Waals surface area contributed by atoms with E-state index in [9.17, 15) is 9.18 Å². The Morgan fingerprint density at radius 1 is 1.33 bits per heavy atom. The lowest BCUT2D eigenvalue weighted by Crippen LogP contribution is -2.14. The number of carbonyl (C=O) groups excluding carboxylic acids is 1. The second-order valence-electron chi connectivity index (χ2n) is 4.94. The minimum absolute atomic E-state index is 0.107. The first-order valence-corrected chi connectivity index (χ1v) is 7.20. The number of pyridine rings is 1. The number of nitrogen functional groups attached to an aromatic ring is 1. The molecule has 0 fully saturated rings. The lowest BCUT2D eigenvalue weighted by molar-refractivity contribution is 0.102. The van der Waals surface area contributed by atoms with Gasteiger partial charge in [0.2, 0.25) is 0 Å². The molecule has 1 amide bonds. The van der Waals surface area contributed by atoms with E-state index in [2.05, 4.69) is 26.2 Å². The smallest absolute Gasteiger partial charge is 0.255 e. The summed E-state index contributed by atoms with van der Waals surface area (Å²) >= 11 is 3.24. The molecule has 1 aromatic heterocycles. The van der Waals surface area contributed by atoms with Crippen LogP contribution in [0.3, 0.4) is 0 Å². The number of carbonyl (C=O) groups is 1. The lowest BCUT2D eigenvalue weighted by Gasteiger charge is -2.10. The number of hydrogen-bond donors (Lipinski definition) is 2. The van der Waals surface area contributed by atoms with E-state index in [0.717, 1.165) is 5.69 Å². The van der Waals surface area contributed by atoms with Gasteiger partial charge in [-0.25, -0.2) is 9.37 Å². The summed E-state index contributed by atoms with van der Waals surface area (Å²) in [4.78, 5) is 16.4. The highest BCUT2D eigenvalue weighted by Gasteiger charge is 2.13. The van der Waals surface area contributed by atoms with Crippen LogP contribution in [0, 0.1) is 5.82 Å². The fourth-order valence-electron chi connectivity index (χ4n) is 1.79. The first-order valence-electron chi connectivity index (χ1n) is 6.40. The summed E-state index contributed by atoms with van der Waals surface area (Å²) in [5.41, 5.74) is 6.89. The highest BCUT2D eigenvalue weighted by Crippen LogP contribution is 2.22. The Bertz CT molecular complexity index is 689. The fourth-order valence-corrected chi connectivity index (χ4v) is 2.15. The van der Waals surface area contributed by atoms with Gasteiger partial charge in [-0.2, -0.15) is 0 Å². The molecule has 0 spiro atoms. The number of amides is 1. The minimum atomic E-state index is -0.502. The summed E-state index contributed by atoms with van der Waals surface area (Å²) in [5.74, 6) is -0.524. The number of nitrogens with two attached hydrogens (primary N) is 1. The second-order valence-corrected chi connectivity index (χ2v) is 5.85. The van der Waals surface area contributed by atoms with Crippen molar-refractivity contribution in [3.05, 3.63) is 51.9 Å². The third kappa shape index (κ3) is 3.78. The number of nitrogens with one attached hydrogen (secondary N) is 1. The van der Waals surface area contributed by atoms with Crippen molar-refractivity contribution in [2.75, 3.05) is 11.1 Å². The van der Waals surface area contributed by atoms with Crippen LogP contribution in [-0.2, 0) is 0 Å². The molecule has 0 atom stereocenters. The van der Waals surface area contributed by atoms with Crippen molar-refractivity contribution in [1.82, 2.24) is 4.98 Å². The number of nitrogens with zero attached hydrogens (tertiary/aromatic N) is 1. The predicted molar refractivity (Wildman–Crippen MR) is 84.8 cm³/mol. The molecule has 110 valence electrons. The summed E-state index contributed by atoms with van der Waals surface area (Å²) in [6, 6.07) is 7.47. The van der Waals surface area contributed by atoms with E-state index < -0.39 is 11.7 Å². The van der Waals surface area contributed by atoms with E-state index in [4.69, 9.17) is 5.73 Å². The van der Waals surface area contributed by atoms with Gasteiger partial charge in [-0.05, 0) is 36.2 Å². The molecule has 0 unspecified atom stereocenters. The standard InChI is InChI=1S/C15H15BrFN3O/c1-8(2)12-5-9(6-14(18)19-12)15(21)20-13-7-10(16)3-4-11(13)17/h3-8H,1-2H3,(H2,18,19)(H,20,21). The maximum atomic E-state index is 13.7. The first-order chi connectivity index (χ1) is 9.86. The molecule has 0 aliphatic carbocycles. The number of halogens is 2. The van der Waals surface area contributed by atoms with E-state index in [0.29, 0.717) is 10.0 Å². The van der Waals surface area contributed by atoms with Crippen molar-refractivity contribution in [1.29, 1.82) is 0 Å². The van der Waals surface area contributed by atoms with Gasteiger partial charge >= 0.3 is 0 Å². The number of aromatic nitrogens is 1. The SMILES string of the molecule is CC(C)c1cc(C(=O)Nc2cc(Br)ccc2F)cc(N)n1. The van der Waals surface area contributed by atoms with E-state index >= 15 is 0 Å². The van der Waals surface area contributed by atoms with Crippen molar-refractivity contribution < 1.29 is 9.18 Å². The van der Waals surface area contributed by atoms with E-state index in [1.165, 1.54) is 18.2 Å². The molecule has 0 aliphatic rings. The molecule has 21 heavy (non-hydrogen) atoms. The van der Waals surface area contributed by atoms with Gasteiger partial charge in [0.25, 0.3) is 5.91 Å². The monoisotopic (exact) mass is 351 g/mol. The average molecular weight is 352 g/mol. The molecule has 0 saturated heterocycles. The van der Waals surface area contributed by atoms with Crippen LogP contribution in [0.1, 0.15) is 35.8 Å². The molecule has 4 nitrogen and oxygen atoms in total. The quantitative estimate of drug-likeness (QED) is 0.879. The maximum absolute atomic E-state index is 13.7. The van der Waals surface area contributed by atoms with Crippen LogP contribution in [0.2, 0.25) is 0 Å². The van der Waals surface area contributed by atoms with E-state index in [-0.39, 0.29) is 17.4 Å². The molecule has 2 aromatic rings. The highest BCUT2D eigenvalue weighted by atomic mass is 79.9.